The Kier molecular flexibility index (Phi) is 3.32. The Labute approximate surface area is 117 Å². The molecular formula is C16H17NO3. The molecule has 4 nitrogen and oxygen atoms in total. The van der Waals surface area contributed by atoms with Crippen LogP contribution in [0.2, 0.25) is 0 Å². The third kappa shape index (κ3) is 2.34. The monoisotopic (exact) mass is 271 g/mol. The summed E-state index contributed by atoms with van der Waals surface area (Å²) in [5.74, 6) is 0.137. The van der Waals surface area contributed by atoms with Crippen LogP contribution in [0.3, 0.4) is 0 Å². The van der Waals surface area contributed by atoms with E-state index in [2.05, 4.69) is 5.32 Å². The minimum atomic E-state index is -0.0687. The molecule has 2 aromatic rings. The summed E-state index contributed by atoms with van der Waals surface area (Å²) in [6.45, 7) is 0. The van der Waals surface area contributed by atoms with Gasteiger partial charge in [-0.15, -0.1) is 0 Å². The molecule has 0 saturated heterocycles. The molecule has 2 N–H and O–H groups in total. The van der Waals surface area contributed by atoms with Crippen LogP contribution >= 0.6 is 0 Å². The van der Waals surface area contributed by atoms with E-state index in [1.165, 1.54) is 0 Å². The van der Waals surface area contributed by atoms with Crippen LogP contribution in [-0.2, 0) is 4.74 Å². The van der Waals surface area contributed by atoms with Crippen molar-refractivity contribution in [2.24, 2.45) is 0 Å². The van der Waals surface area contributed by atoms with Crippen LogP contribution in [0.4, 0.5) is 0 Å². The van der Waals surface area contributed by atoms with Crippen molar-refractivity contribution in [2.75, 3.05) is 7.11 Å². The molecule has 0 radical (unpaired) electrons. The van der Waals surface area contributed by atoms with E-state index in [1.807, 2.05) is 12.1 Å². The van der Waals surface area contributed by atoms with Gasteiger partial charge in [-0.25, -0.2) is 0 Å². The zero-order chi connectivity index (χ0) is 14.1. The highest BCUT2D eigenvalue weighted by molar-refractivity contribution is 6.07. The van der Waals surface area contributed by atoms with E-state index in [9.17, 15) is 9.90 Å². The number of aromatic hydroxyl groups is 1. The lowest BCUT2D eigenvalue weighted by molar-refractivity contribution is 0.0176. The lowest BCUT2D eigenvalue weighted by Gasteiger charge is -2.34. The van der Waals surface area contributed by atoms with Crippen LogP contribution in [0.1, 0.15) is 23.2 Å². The van der Waals surface area contributed by atoms with Crippen molar-refractivity contribution >= 4 is 16.7 Å². The summed E-state index contributed by atoms with van der Waals surface area (Å²) in [6, 6.07) is 10.8. The zero-order valence-electron chi connectivity index (χ0n) is 11.3. The number of nitrogens with one attached hydrogen (secondary N) is 1. The van der Waals surface area contributed by atoms with Gasteiger partial charge in [0.25, 0.3) is 5.91 Å². The Bertz CT molecular complexity index is 647. The molecule has 0 heterocycles. The van der Waals surface area contributed by atoms with Crippen molar-refractivity contribution in [1.29, 1.82) is 0 Å². The molecule has 2 aromatic carbocycles. The number of hydrogen-bond acceptors (Lipinski definition) is 3. The van der Waals surface area contributed by atoms with Crippen LogP contribution < -0.4 is 5.32 Å². The number of hydrogen-bond donors (Lipinski definition) is 2. The molecule has 0 spiro atoms. The van der Waals surface area contributed by atoms with E-state index >= 15 is 0 Å². The lowest BCUT2D eigenvalue weighted by atomic mass is 9.89. The van der Waals surface area contributed by atoms with Gasteiger partial charge in [0.1, 0.15) is 5.75 Å². The van der Waals surface area contributed by atoms with E-state index in [0.717, 1.165) is 23.6 Å². The molecule has 0 aromatic heterocycles. The predicted molar refractivity (Wildman–Crippen MR) is 76.9 cm³/mol. The molecule has 3 rings (SSSR count). The summed E-state index contributed by atoms with van der Waals surface area (Å²) in [7, 11) is 1.69. The minimum Gasteiger partial charge on any atom is -0.508 e. The Balaban J connectivity index is 1.81. The first kappa shape index (κ1) is 12.9. The van der Waals surface area contributed by atoms with Crippen LogP contribution in [0.5, 0.6) is 5.75 Å². The van der Waals surface area contributed by atoms with Crippen molar-refractivity contribution in [3.8, 4) is 5.75 Å². The van der Waals surface area contributed by atoms with Gasteiger partial charge in [0.15, 0.2) is 0 Å². The molecule has 1 saturated carbocycles. The number of carbonyl (C=O) groups is 1. The fraction of sp³-hybridized carbons (Fsp3) is 0.312. The van der Waals surface area contributed by atoms with E-state index < -0.39 is 0 Å². The summed E-state index contributed by atoms with van der Waals surface area (Å²) >= 11 is 0. The first-order valence-corrected chi connectivity index (χ1v) is 6.73. The van der Waals surface area contributed by atoms with E-state index in [-0.39, 0.29) is 23.8 Å². The standard InChI is InChI=1S/C16H17NO3/c1-20-13-8-11(9-13)17-16(19)15-4-2-3-10-7-12(18)5-6-14(10)15/h2-7,11,13,18H,8-9H2,1H3,(H,17,19). The lowest BCUT2D eigenvalue weighted by Crippen LogP contribution is -2.47. The maximum absolute atomic E-state index is 12.3. The second kappa shape index (κ2) is 5.13. The molecule has 20 heavy (non-hydrogen) atoms. The fourth-order valence-corrected chi connectivity index (χ4v) is 2.61. The molecule has 1 amide bonds. The van der Waals surface area contributed by atoms with Crippen molar-refractivity contribution in [3.05, 3.63) is 42.0 Å². The van der Waals surface area contributed by atoms with E-state index in [0.29, 0.717) is 5.56 Å². The molecule has 0 atom stereocenters. The van der Waals surface area contributed by atoms with Crippen LogP contribution in [0, 0.1) is 0 Å². The summed E-state index contributed by atoms with van der Waals surface area (Å²) in [4.78, 5) is 12.3. The van der Waals surface area contributed by atoms with Gasteiger partial charge in [-0.1, -0.05) is 12.1 Å². The maximum atomic E-state index is 12.3. The number of amides is 1. The van der Waals surface area contributed by atoms with Gasteiger partial charge in [0.05, 0.1) is 6.10 Å². The topological polar surface area (TPSA) is 58.6 Å². The Morgan fingerprint density at radius 1 is 1.30 bits per heavy atom. The van der Waals surface area contributed by atoms with Crippen molar-refractivity contribution in [1.82, 2.24) is 5.32 Å². The Morgan fingerprint density at radius 3 is 2.85 bits per heavy atom. The second-order valence-electron chi connectivity index (χ2n) is 5.21. The first-order valence-electron chi connectivity index (χ1n) is 6.73. The Hall–Kier alpha value is -2.07. The molecule has 4 heteroatoms. The molecule has 0 bridgehead atoms. The minimum absolute atomic E-state index is 0.0687. The molecule has 1 fully saturated rings. The van der Waals surface area contributed by atoms with Gasteiger partial charge in [-0.2, -0.15) is 0 Å². The number of phenolic OH excluding ortho intramolecular Hbond substituents is 1. The summed E-state index contributed by atoms with van der Waals surface area (Å²) in [6.07, 6.45) is 2.01. The zero-order valence-corrected chi connectivity index (χ0v) is 11.3. The number of rotatable bonds is 3. The van der Waals surface area contributed by atoms with Gasteiger partial charge >= 0.3 is 0 Å². The predicted octanol–water partition coefficient (Wildman–Crippen LogP) is 2.45. The first-order chi connectivity index (χ1) is 9.67. The van der Waals surface area contributed by atoms with Crippen molar-refractivity contribution in [2.45, 2.75) is 25.0 Å². The number of fused-ring (bicyclic) bond motifs is 1. The number of ether oxygens (including phenoxy) is 1. The molecular weight excluding hydrogens is 254 g/mol. The SMILES string of the molecule is COC1CC(NC(=O)c2cccc3cc(O)ccc23)C1. The van der Waals surface area contributed by atoms with Gasteiger partial charge in [-0.05, 0) is 47.9 Å². The average molecular weight is 271 g/mol. The molecule has 1 aliphatic rings. The van der Waals surface area contributed by atoms with Gasteiger partial charge in [0.2, 0.25) is 0 Å². The van der Waals surface area contributed by atoms with Crippen LogP contribution in [-0.4, -0.2) is 30.3 Å². The largest absolute Gasteiger partial charge is 0.508 e. The quantitative estimate of drug-likeness (QED) is 0.901. The molecule has 0 unspecified atom stereocenters. The smallest absolute Gasteiger partial charge is 0.252 e. The van der Waals surface area contributed by atoms with Gasteiger partial charge in [0, 0.05) is 18.7 Å². The third-order valence-electron chi connectivity index (χ3n) is 3.87. The molecule has 1 aliphatic carbocycles. The fourth-order valence-electron chi connectivity index (χ4n) is 2.61. The van der Waals surface area contributed by atoms with Crippen LogP contribution in [0.15, 0.2) is 36.4 Å². The second-order valence-corrected chi connectivity index (χ2v) is 5.21. The summed E-state index contributed by atoms with van der Waals surface area (Å²) in [5.41, 5.74) is 0.642. The Morgan fingerprint density at radius 2 is 2.10 bits per heavy atom. The van der Waals surface area contributed by atoms with Gasteiger partial charge in [-0.3, -0.25) is 4.79 Å². The highest BCUT2D eigenvalue weighted by atomic mass is 16.5. The van der Waals surface area contributed by atoms with Crippen molar-refractivity contribution < 1.29 is 14.6 Å². The summed E-state index contributed by atoms with van der Waals surface area (Å²) in [5, 5.41) is 14.2. The van der Waals surface area contributed by atoms with Crippen molar-refractivity contribution in [3.63, 3.8) is 0 Å². The third-order valence-corrected chi connectivity index (χ3v) is 3.87. The van der Waals surface area contributed by atoms with E-state index in [1.54, 1.807) is 31.4 Å². The van der Waals surface area contributed by atoms with Crippen LogP contribution in [0.25, 0.3) is 10.8 Å². The normalized spacial score (nSPS) is 21.4. The summed E-state index contributed by atoms with van der Waals surface area (Å²) < 4.78 is 5.21. The molecule has 104 valence electrons. The number of phenols is 1. The average Bonchev–Trinajstić information content (AvgIpc) is 2.41. The van der Waals surface area contributed by atoms with E-state index in [4.69, 9.17) is 4.74 Å². The maximum Gasteiger partial charge on any atom is 0.252 e. The highest BCUT2D eigenvalue weighted by Crippen LogP contribution is 2.25. The molecule has 0 aliphatic heterocycles. The van der Waals surface area contributed by atoms with Gasteiger partial charge < -0.3 is 15.2 Å². The number of methoxy groups -OCH3 is 1. The number of benzene rings is 2. The highest BCUT2D eigenvalue weighted by Gasteiger charge is 2.30. The number of carbonyl (C=O) groups excluding carboxylic acids is 1.